The molecule has 0 saturated carbocycles. The highest BCUT2D eigenvalue weighted by Gasteiger charge is 2.11. The molecule has 8 nitrogen and oxygen atoms in total. The Hall–Kier alpha value is -2.75. The average Bonchev–Trinajstić information content (AvgIpc) is 2.54. The maximum absolute atomic E-state index is 11.2. The van der Waals surface area contributed by atoms with Crippen LogP contribution >= 0.6 is 11.6 Å². The molecule has 0 spiro atoms. The predicted octanol–water partition coefficient (Wildman–Crippen LogP) is 3.26. The number of benzene rings is 2. The summed E-state index contributed by atoms with van der Waals surface area (Å²) in [7, 11) is -4.31. The first kappa shape index (κ1) is 17.1. The van der Waals surface area contributed by atoms with Crippen molar-refractivity contribution in [3.8, 4) is 0 Å². The van der Waals surface area contributed by atoms with Gasteiger partial charge in [-0.3, -0.25) is 4.55 Å². The number of anilines is 4. The summed E-state index contributed by atoms with van der Waals surface area (Å²) in [5.41, 5.74) is 1.13. The van der Waals surface area contributed by atoms with Gasteiger partial charge in [-0.25, -0.2) is 0 Å². The van der Waals surface area contributed by atoms with Gasteiger partial charge >= 0.3 is 0 Å². The molecule has 2 aromatic carbocycles. The fourth-order valence-corrected chi connectivity index (χ4v) is 2.66. The molecule has 0 amide bonds. The van der Waals surface area contributed by atoms with Gasteiger partial charge in [0.25, 0.3) is 10.1 Å². The zero-order valence-corrected chi connectivity index (χ0v) is 14.2. The van der Waals surface area contributed by atoms with E-state index in [1.54, 1.807) is 6.07 Å². The SMILES string of the molecule is O=S(=O)(O)c1cccc(Nc2nc(Cl)nc(Nc3ccccc3)n2)c1. The van der Waals surface area contributed by atoms with Gasteiger partial charge in [-0.15, -0.1) is 0 Å². The van der Waals surface area contributed by atoms with Gasteiger partial charge in [0.2, 0.25) is 17.2 Å². The van der Waals surface area contributed by atoms with Crippen LogP contribution in [-0.2, 0) is 10.1 Å². The molecule has 10 heteroatoms. The Morgan fingerprint density at radius 3 is 2.08 bits per heavy atom. The quantitative estimate of drug-likeness (QED) is 0.580. The Bertz CT molecular complexity index is 999. The third-order valence-electron chi connectivity index (χ3n) is 3.03. The fourth-order valence-electron chi connectivity index (χ4n) is 1.98. The molecular weight excluding hydrogens is 366 g/mol. The van der Waals surface area contributed by atoms with Gasteiger partial charge in [-0.2, -0.15) is 23.4 Å². The zero-order valence-electron chi connectivity index (χ0n) is 12.6. The Morgan fingerprint density at radius 2 is 1.44 bits per heavy atom. The van der Waals surface area contributed by atoms with Gasteiger partial charge < -0.3 is 10.6 Å². The molecule has 0 bridgehead atoms. The number of halogens is 1. The lowest BCUT2D eigenvalue weighted by molar-refractivity contribution is 0.483. The Labute approximate surface area is 148 Å². The predicted molar refractivity (Wildman–Crippen MR) is 94.1 cm³/mol. The highest BCUT2D eigenvalue weighted by molar-refractivity contribution is 7.85. The van der Waals surface area contributed by atoms with E-state index in [4.69, 9.17) is 16.2 Å². The summed E-state index contributed by atoms with van der Waals surface area (Å²) in [6, 6.07) is 14.8. The first-order chi connectivity index (χ1) is 11.9. The molecule has 25 heavy (non-hydrogen) atoms. The molecule has 0 aliphatic heterocycles. The maximum Gasteiger partial charge on any atom is 0.294 e. The maximum atomic E-state index is 11.2. The van der Waals surface area contributed by atoms with Gasteiger partial charge in [0, 0.05) is 11.4 Å². The van der Waals surface area contributed by atoms with Crippen molar-refractivity contribution < 1.29 is 13.0 Å². The first-order valence-corrected chi connectivity index (χ1v) is 8.80. The molecule has 0 fully saturated rings. The summed E-state index contributed by atoms with van der Waals surface area (Å²) >= 11 is 5.91. The molecule has 0 aliphatic rings. The van der Waals surface area contributed by atoms with Gasteiger partial charge in [0.15, 0.2) is 0 Å². The summed E-state index contributed by atoms with van der Waals surface area (Å²) < 4.78 is 31.5. The third-order valence-corrected chi connectivity index (χ3v) is 4.04. The molecule has 0 atom stereocenters. The molecule has 0 radical (unpaired) electrons. The van der Waals surface area contributed by atoms with E-state index >= 15 is 0 Å². The van der Waals surface area contributed by atoms with Crippen LogP contribution in [0.25, 0.3) is 0 Å². The van der Waals surface area contributed by atoms with Crippen molar-refractivity contribution in [1.82, 2.24) is 15.0 Å². The third kappa shape index (κ3) is 4.63. The molecule has 1 heterocycles. The minimum atomic E-state index is -4.31. The van der Waals surface area contributed by atoms with E-state index in [1.807, 2.05) is 30.3 Å². The van der Waals surface area contributed by atoms with Crippen LogP contribution in [-0.4, -0.2) is 27.9 Å². The van der Waals surface area contributed by atoms with Crippen molar-refractivity contribution in [2.24, 2.45) is 0 Å². The van der Waals surface area contributed by atoms with E-state index in [-0.39, 0.29) is 22.1 Å². The van der Waals surface area contributed by atoms with Crippen LogP contribution in [0.15, 0.2) is 59.5 Å². The van der Waals surface area contributed by atoms with E-state index in [9.17, 15) is 8.42 Å². The van der Waals surface area contributed by atoms with Crippen LogP contribution in [0.5, 0.6) is 0 Å². The van der Waals surface area contributed by atoms with Crippen LogP contribution in [0.3, 0.4) is 0 Å². The smallest absolute Gasteiger partial charge is 0.294 e. The summed E-state index contributed by atoms with van der Waals surface area (Å²) in [6.07, 6.45) is 0. The standard InChI is InChI=1S/C15H12ClN5O3S/c16-13-19-14(17-10-5-2-1-3-6-10)21-15(20-13)18-11-7-4-8-12(9-11)25(22,23)24/h1-9H,(H,22,23,24)(H2,17,18,19,20,21). The summed E-state index contributed by atoms with van der Waals surface area (Å²) in [6.45, 7) is 0. The molecule has 1 aromatic heterocycles. The highest BCUT2D eigenvalue weighted by Crippen LogP contribution is 2.20. The molecule has 3 N–H and O–H groups in total. The second-order valence-electron chi connectivity index (χ2n) is 4.87. The van der Waals surface area contributed by atoms with E-state index in [0.717, 1.165) is 5.69 Å². The van der Waals surface area contributed by atoms with Crippen LogP contribution in [0.2, 0.25) is 5.28 Å². The fraction of sp³-hybridized carbons (Fsp3) is 0. The number of hydrogen-bond donors (Lipinski definition) is 3. The van der Waals surface area contributed by atoms with Gasteiger partial charge in [0.1, 0.15) is 0 Å². The van der Waals surface area contributed by atoms with Crippen molar-refractivity contribution >= 4 is 45.0 Å². The van der Waals surface area contributed by atoms with E-state index in [2.05, 4.69) is 25.6 Å². The summed E-state index contributed by atoms with van der Waals surface area (Å²) in [4.78, 5) is 11.9. The van der Waals surface area contributed by atoms with Gasteiger partial charge in [-0.1, -0.05) is 24.3 Å². The number of nitrogens with zero attached hydrogens (tertiary/aromatic N) is 3. The molecule has 128 valence electrons. The van der Waals surface area contributed by atoms with Crippen LogP contribution < -0.4 is 10.6 Å². The van der Waals surface area contributed by atoms with Crippen molar-refractivity contribution in [1.29, 1.82) is 0 Å². The summed E-state index contributed by atoms with van der Waals surface area (Å²) in [5.74, 6) is 0.338. The molecule has 3 rings (SSSR count). The largest absolute Gasteiger partial charge is 0.324 e. The number of hydrogen-bond acceptors (Lipinski definition) is 7. The molecule has 0 unspecified atom stereocenters. The lowest BCUT2D eigenvalue weighted by atomic mass is 10.3. The van der Waals surface area contributed by atoms with E-state index < -0.39 is 10.1 Å². The van der Waals surface area contributed by atoms with Crippen LogP contribution in [0, 0.1) is 0 Å². The van der Waals surface area contributed by atoms with Crippen molar-refractivity contribution in [2.45, 2.75) is 4.90 Å². The topological polar surface area (TPSA) is 117 Å². The zero-order chi connectivity index (χ0) is 17.9. The first-order valence-electron chi connectivity index (χ1n) is 6.98. The Kier molecular flexibility index (Phi) is 4.79. The number of nitrogens with one attached hydrogen (secondary N) is 2. The van der Waals surface area contributed by atoms with E-state index in [1.165, 1.54) is 18.2 Å². The number of aromatic nitrogens is 3. The van der Waals surface area contributed by atoms with Crippen molar-refractivity contribution in [3.05, 3.63) is 59.9 Å². The lowest BCUT2D eigenvalue weighted by Gasteiger charge is -2.09. The molecule has 0 saturated heterocycles. The second kappa shape index (κ2) is 7.01. The minimum absolute atomic E-state index is 0.0399. The number of rotatable bonds is 5. The average molecular weight is 378 g/mol. The van der Waals surface area contributed by atoms with Crippen molar-refractivity contribution in [3.63, 3.8) is 0 Å². The minimum Gasteiger partial charge on any atom is -0.324 e. The van der Waals surface area contributed by atoms with Crippen LogP contribution in [0.4, 0.5) is 23.3 Å². The van der Waals surface area contributed by atoms with Crippen LogP contribution in [0.1, 0.15) is 0 Å². The lowest BCUT2D eigenvalue weighted by Crippen LogP contribution is -2.04. The Balaban J connectivity index is 1.86. The van der Waals surface area contributed by atoms with Crippen molar-refractivity contribution in [2.75, 3.05) is 10.6 Å². The molecule has 0 aliphatic carbocycles. The van der Waals surface area contributed by atoms with Gasteiger partial charge in [-0.05, 0) is 41.9 Å². The van der Waals surface area contributed by atoms with E-state index in [0.29, 0.717) is 5.69 Å². The second-order valence-corrected chi connectivity index (χ2v) is 6.63. The molecular formula is C15H12ClN5O3S. The monoisotopic (exact) mass is 377 g/mol. The normalized spacial score (nSPS) is 11.1. The van der Waals surface area contributed by atoms with Gasteiger partial charge in [0.05, 0.1) is 4.90 Å². The molecule has 3 aromatic rings. The summed E-state index contributed by atoms with van der Waals surface area (Å²) in [5, 5.41) is 5.77. The highest BCUT2D eigenvalue weighted by atomic mass is 35.5. The number of para-hydroxylation sites is 1. The Morgan fingerprint density at radius 1 is 0.840 bits per heavy atom.